The van der Waals surface area contributed by atoms with Gasteiger partial charge in [-0.15, -0.1) is 0 Å². The number of hydrogen-bond acceptors (Lipinski definition) is 5. The number of carbonyl (C=O) groups excluding carboxylic acids is 1. The number of nitrogens with zero attached hydrogens (tertiary/aromatic N) is 2. The molecular formula is C26H29N3O4S. The first-order valence-electron chi connectivity index (χ1n) is 10.9. The molecule has 0 bridgehead atoms. The highest BCUT2D eigenvalue weighted by atomic mass is 32.2. The van der Waals surface area contributed by atoms with Gasteiger partial charge in [-0.25, -0.2) is 13.8 Å². The highest BCUT2D eigenvalue weighted by Gasteiger charge is 2.30. The van der Waals surface area contributed by atoms with E-state index in [1.54, 1.807) is 25.1 Å². The van der Waals surface area contributed by atoms with E-state index in [2.05, 4.69) is 17.5 Å². The Hall–Kier alpha value is -3.49. The van der Waals surface area contributed by atoms with Gasteiger partial charge >= 0.3 is 0 Å². The van der Waals surface area contributed by atoms with Crippen LogP contribution in [0.25, 0.3) is 0 Å². The summed E-state index contributed by atoms with van der Waals surface area (Å²) in [5.74, 6) is -0.329. The molecule has 1 amide bonds. The van der Waals surface area contributed by atoms with Crippen molar-refractivity contribution in [2.24, 2.45) is 5.10 Å². The van der Waals surface area contributed by atoms with Crippen LogP contribution >= 0.6 is 0 Å². The van der Waals surface area contributed by atoms with Crippen molar-refractivity contribution in [3.05, 3.63) is 95.1 Å². The zero-order chi connectivity index (χ0) is 24.6. The van der Waals surface area contributed by atoms with Gasteiger partial charge in [0.15, 0.2) is 0 Å². The van der Waals surface area contributed by atoms with E-state index in [4.69, 9.17) is 4.74 Å². The van der Waals surface area contributed by atoms with Gasteiger partial charge in [0.1, 0.15) is 10.6 Å². The minimum Gasteiger partial charge on any atom is -0.495 e. The third-order valence-corrected chi connectivity index (χ3v) is 7.06. The van der Waals surface area contributed by atoms with E-state index >= 15 is 0 Å². The summed E-state index contributed by atoms with van der Waals surface area (Å²) >= 11 is 0. The number of nitrogens with one attached hydrogen (secondary N) is 1. The van der Waals surface area contributed by atoms with Gasteiger partial charge in [0.25, 0.3) is 5.91 Å². The molecule has 8 heteroatoms. The topological polar surface area (TPSA) is 88.1 Å². The van der Waals surface area contributed by atoms with Crippen LogP contribution in [0.4, 0.5) is 0 Å². The quantitative estimate of drug-likeness (QED) is 0.353. The summed E-state index contributed by atoms with van der Waals surface area (Å²) in [4.78, 5) is 12.7. The molecule has 7 nitrogen and oxygen atoms in total. The van der Waals surface area contributed by atoms with E-state index in [0.717, 1.165) is 27.4 Å². The highest BCUT2D eigenvalue weighted by molar-refractivity contribution is 7.89. The third kappa shape index (κ3) is 6.52. The molecule has 0 spiro atoms. The molecule has 34 heavy (non-hydrogen) atoms. The Morgan fingerprint density at radius 2 is 1.74 bits per heavy atom. The van der Waals surface area contributed by atoms with E-state index in [9.17, 15) is 13.2 Å². The molecule has 0 saturated heterocycles. The summed E-state index contributed by atoms with van der Waals surface area (Å²) in [5.41, 5.74) is 5.99. The number of ether oxygens (including phenoxy) is 1. The van der Waals surface area contributed by atoms with Crippen molar-refractivity contribution in [1.82, 2.24) is 9.73 Å². The van der Waals surface area contributed by atoms with Crippen molar-refractivity contribution in [3.8, 4) is 5.75 Å². The molecule has 0 unspecified atom stereocenters. The number of benzene rings is 3. The molecule has 178 valence electrons. The van der Waals surface area contributed by atoms with Crippen LogP contribution in [0, 0.1) is 6.92 Å². The number of sulfonamides is 1. The van der Waals surface area contributed by atoms with Crippen molar-refractivity contribution >= 4 is 22.1 Å². The summed E-state index contributed by atoms with van der Waals surface area (Å²) in [7, 11) is -2.63. The minimum atomic E-state index is -4.05. The largest absolute Gasteiger partial charge is 0.495 e. The predicted octanol–water partition coefficient (Wildman–Crippen LogP) is 3.91. The first kappa shape index (κ1) is 25.1. The fourth-order valence-corrected chi connectivity index (χ4v) is 4.98. The van der Waals surface area contributed by atoms with Crippen LogP contribution < -0.4 is 10.2 Å². The Labute approximate surface area is 201 Å². The van der Waals surface area contributed by atoms with Crippen molar-refractivity contribution in [2.75, 3.05) is 13.7 Å². The number of hydrazone groups is 1. The maximum atomic E-state index is 13.6. The molecule has 1 N–H and O–H groups in total. The molecule has 0 aromatic heterocycles. The maximum absolute atomic E-state index is 13.6. The molecule has 3 aromatic rings. The SMILES string of the molecule is CCc1ccc(/C=N/NC(=O)CN(Cc2ccccc2)S(=O)(=O)c2cc(C)ccc2OC)cc1. The molecule has 0 radical (unpaired) electrons. The summed E-state index contributed by atoms with van der Waals surface area (Å²) in [6.07, 6.45) is 2.46. The molecule has 0 aliphatic carbocycles. The number of carbonyl (C=O) groups is 1. The Kier molecular flexibility index (Phi) is 8.56. The molecule has 3 aromatic carbocycles. The fraction of sp³-hybridized carbons (Fsp3) is 0.231. The summed E-state index contributed by atoms with van der Waals surface area (Å²) in [6, 6.07) is 21.8. The van der Waals surface area contributed by atoms with Crippen LogP contribution in [-0.2, 0) is 27.8 Å². The Morgan fingerprint density at radius 1 is 1.03 bits per heavy atom. The Morgan fingerprint density at radius 3 is 2.38 bits per heavy atom. The van der Waals surface area contributed by atoms with Gasteiger partial charge in [0.05, 0.1) is 19.9 Å². The fourth-order valence-electron chi connectivity index (χ4n) is 3.35. The summed E-state index contributed by atoms with van der Waals surface area (Å²) < 4.78 is 33.6. The van der Waals surface area contributed by atoms with Crippen molar-refractivity contribution in [2.45, 2.75) is 31.7 Å². The molecule has 0 fully saturated rings. The second-order valence-corrected chi connectivity index (χ2v) is 9.71. The lowest BCUT2D eigenvalue weighted by atomic mass is 10.1. The zero-order valence-electron chi connectivity index (χ0n) is 19.6. The van der Waals surface area contributed by atoms with Crippen molar-refractivity contribution in [3.63, 3.8) is 0 Å². The lowest BCUT2D eigenvalue weighted by Gasteiger charge is -2.23. The van der Waals surface area contributed by atoms with Crippen molar-refractivity contribution in [1.29, 1.82) is 0 Å². The van der Waals surface area contributed by atoms with Gasteiger partial charge in [-0.05, 0) is 47.7 Å². The van der Waals surface area contributed by atoms with E-state index < -0.39 is 22.5 Å². The van der Waals surface area contributed by atoms with Crippen LogP contribution in [0.1, 0.15) is 29.2 Å². The van der Waals surface area contributed by atoms with Gasteiger partial charge in [0, 0.05) is 6.54 Å². The number of methoxy groups -OCH3 is 1. The van der Waals surface area contributed by atoms with Crippen LogP contribution in [0.15, 0.2) is 82.8 Å². The Bertz CT molecular complexity index is 1240. The molecular weight excluding hydrogens is 450 g/mol. The van der Waals surface area contributed by atoms with Crippen LogP contribution in [-0.4, -0.2) is 38.5 Å². The predicted molar refractivity (Wildman–Crippen MR) is 133 cm³/mol. The first-order valence-corrected chi connectivity index (χ1v) is 12.4. The maximum Gasteiger partial charge on any atom is 0.255 e. The van der Waals surface area contributed by atoms with Crippen LogP contribution in [0.2, 0.25) is 0 Å². The van der Waals surface area contributed by atoms with Gasteiger partial charge in [-0.1, -0.05) is 67.6 Å². The van der Waals surface area contributed by atoms with E-state index in [1.165, 1.54) is 18.9 Å². The standard InChI is InChI=1S/C26H29N3O4S/c1-4-21-11-13-22(14-12-21)17-27-28-26(30)19-29(18-23-8-6-5-7-9-23)34(31,32)25-16-20(2)10-15-24(25)33-3/h5-17H,4,18-19H2,1-3H3,(H,28,30)/b27-17+. The Balaban J connectivity index is 1.82. The average Bonchev–Trinajstić information content (AvgIpc) is 2.84. The summed E-state index contributed by atoms with van der Waals surface area (Å²) in [6.45, 7) is 3.50. The van der Waals surface area contributed by atoms with Crippen LogP contribution in [0.5, 0.6) is 5.75 Å². The normalized spacial score (nSPS) is 11.6. The van der Waals surface area contributed by atoms with Crippen LogP contribution in [0.3, 0.4) is 0 Å². The first-order chi connectivity index (χ1) is 16.3. The van der Waals surface area contributed by atoms with E-state index in [0.29, 0.717) is 0 Å². The zero-order valence-corrected chi connectivity index (χ0v) is 20.4. The number of rotatable bonds is 10. The molecule has 0 atom stereocenters. The molecule has 3 rings (SSSR count). The molecule has 0 heterocycles. The van der Waals surface area contributed by atoms with E-state index in [-0.39, 0.29) is 17.2 Å². The molecule has 0 saturated carbocycles. The van der Waals surface area contributed by atoms with Gasteiger partial charge < -0.3 is 4.74 Å². The lowest BCUT2D eigenvalue weighted by Crippen LogP contribution is -2.39. The van der Waals surface area contributed by atoms with Gasteiger partial charge in [-0.3, -0.25) is 4.79 Å². The lowest BCUT2D eigenvalue weighted by molar-refractivity contribution is -0.121. The monoisotopic (exact) mass is 479 g/mol. The van der Waals surface area contributed by atoms with Gasteiger partial charge in [0.2, 0.25) is 10.0 Å². The highest BCUT2D eigenvalue weighted by Crippen LogP contribution is 2.28. The second kappa shape index (κ2) is 11.6. The number of aryl methyl sites for hydroxylation is 2. The molecule has 0 aliphatic heterocycles. The smallest absolute Gasteiger partial charge is 0.255 e. The summed E-state index contributed by atoms with van der Waals surface area (Å²) in [5, 5.41) is 3.99. The molecule has 0 aliphatic rings. The number of amides is 1. The second-order valence-electron chi connectivity index (χ2n) is 7.80. The average molecular weight is 480 g/mol. The minimum absolute atomic E-state index is 0.0123. The number of hydrogen-bond donors (Lipinski definition) is 1. The van der Waals surface area contributed by atoms with E-state index in [1.807, 2.05) is 54.6 Å². The van der Waals surface area contributed by atoms with Gasteiger partial charge in [-0.2, -0.15) is 9.41 Å². The van der Waals surface area contributed by atoms with Crippen molar-refractivity contribution < 1.29 is 17.9 Å². The third-order valence-electron chi connectivity index (χ3n) is 5.25.